The summed E-state index contributed by atoms with van der Waals surface area (Å²) < 4.78 is 0. The fourth-order valence-electron chi connectivity index (χ4n) is 0. The van der Waals surface area contributed by atoms with Crippen molar-refractivity contribution in [2.24, 2.45) is 10.8 Å². The third-order valence-electron chi connectivity index (χ3n) is 1.22. The monoisotopic (exact) mass is 211 g/mol. The van der Waals surface area contributed by atoms with Crippen molar-refractivity contribution in [2.75, 3.05) is 0 Å². The van der Waals surface area contributed by atoms with Crippen LogP contribution in [0.25, 0.3) is 0 Å². The fraction of sp³-hybridized carbons (Fsp3) is 0.800. The molecule has 0 rings (SSSR count). The summed E-state index contributed by atoms with van der Waals surface area (Å²) in [6.45, 7) is 9.60. The van der Waals surface area contributed by atoms with Gasteiger partial charge < -0.3 is 19.8 Å². The smallest absolute Gasteiger partial charge is 0.550 e. The van der Waals surface area contributed by atoms with E-state index >= 15 is 0 Å². The summed E-state index contributed by atoms with van der Waals surface area (Å²) in [5, 5.41) is 19.8. The van der Waals surface area contributed by atoms with Gasteiger partial charge in [0.05, 0.1) is 0 Å². The number of carbonyl (C=O) groups excluding carboxylic acids is 2. The van der Waals surface area contributed by atoms with Gasteiger partial charge in [0.1, 0.15) is 0 Å². The van der Waals surface area contributed by atoms with Crippen molar-refractivity contribution in [3.63, 3.8) is 0 Å². The molecular weight excluding hydrogens is 193 g/mol. The molecule has 4 nitrogen and oxygen atoms in total. The Hall–Kier alpha value is -0.891. The average molecular weight is 211 g/mol. The van der Waals surface area contributed by atoms with Gasteiger partial charge in [-0.15, -0.1) is 0 Å². The molecule has 0 saturated carbocycles. The molecule has 0 aromatic rings. The quantitative estimate of drug-likeness (QED) is 0.490. The number of carbonyl (C=O) groups is 2. The molecule has 0 heterocycles. The second-order valence-electron chi connectivity index (χ2n) is 5.07. The van der Waals surface area contributed by atoms with Crippen LogP contribution >= 0.6 is 0 Å². The van der Waals surface area contributed by atoms with Crippen molar-refractivity contribution in [3.05, 3.63) is 0 Å². The van der Waals surface area contributed by atoms with E-state index in [1.165, 1.54) is 0 Å². The predicted octanol–water partition coefficient (Wildman–Crippen LogP) is -0.816. The molecule has 0 spiro atoms. The zero-order chi connectivity index (χ0) is 12.2. The molecule has 0 atom stereocenters. The van der Waals surface area contributed by atoms with Crippen molar-refractivity contribution >= 4 is 22.1 Å². The Kier molecular flexibility index (Phi) is 8.60. The maximum absolute atomic E-state index is 9.91. The number of hydrogen-bond donors (Lipinski definition) is 0. The van der Waals surface area contributed by atoms with Gasteiger partial charge in [0.2, 0.25) is 0 Å². The van der Waals surface area contributed by atoms with Gasteiger partial charge >= 0.3 is 10.1 Å². The summed E-state index contributed by atoms with van der Waals surface area (Å²) in [7, 11) is 0. The molecule has 0 fully saturated rings. The largest absolute Gasteiger partial charge is 2.00 e. The minimum absolute atomic E-state index is 0. The minimum Gasteiger partial charge on any atom is -0.550 e. The zero-order valence-corrected chi connectivity index (χ0v) is 10.3. The first-order valence-electron chi connectivity index (χ1n) is 4.32. The summed E-state index contributed by atoms with van der Waals surface area (Å²) in [6, 6.07) is 0. The summed E-state index contributed by atoms with van der Waals surface area (Å²) in [6.07, 6.45) is 0. The normalized spacial score (nSPS) is 10.5. The van der Waals surface area contributed by atoms with Crippen molar-refractivity contribution in [1.82, 2.24) is 0 Å². The molecule has 0 aliphatic rings. The molecule has 0 N–H and O–H groups in total. The van der Waals surface area contributed by atoms with E-state index in [9.17, 15) is 19.8 Å². The van der Waals surface area contributed by atoms with Crippen molar-refractivity contribution < 1.29 is 19.8 Å². The molecule has 0 aliphatic carbocycles. The van der Waals surface area contributed by atoms with Crippen molar-refractivity contribution in [1.29, 1.82) is 0 Å². The number of carboxylic acids is 2. The van der Waals surface area contributed by atoms with Crippen LogP contribution in [0.4, 0.5) is 0 Å². The molecular formula is C10H18BeO4. The van der Waals surface area contributed by atoms with E-state index in [1.54, 1.807) is 41.5 Å². The van der Waals surface area contributed by atoms with E-state index in [1.807, 2.05) is 0 Å². The van der Waals surface area contributed by atoms with Crippen LogP contribution in [0, 0.1) is 10.8 Å². The second-order valence-corrected chi connectivity index (χ2v) is 5.07. The molecule has 0 bridgehead atoms. The molecule has 15 heavy (non-hydrogen) atoms. The number of rotatable bonds is 0. The van der Waals surface area contributed by atoms with E-state index < -0.39 is 22.8 Å². The maximum Gasteiger partial charge on any atom is 2.00 e. The van der Waals surface area contributed by atoms with Crippen LogP contribution in [-0.4, -0.2) is 22.1 Å². The Morgan fingerprint density at radius 1 is 0.733 bits per heavy atom. The van der Waals surface area contributed by atoms with Crippen molar-refractivity contribution in [2.45, 2.75) is 41.5 Å². The van der Waals surface area contributed by atoms with Crippen molar-refractivity contribution in [3.8, 4) is 0 Å². The van der Waals surface area contributed by atoms with Gasteiger partial charge in [0.25, 0.3) is 0 Å². The van der Waals surface area contributed by atoms with Gasteiger partial charge in [-0.25, -0.2) is 0 Å². The number of hydrogen-bond acceptors (Lipinski definition) is 4. The summed E-state index contributed by atoms with van der Waals surface area (Å²) >= 11 is 0. The molecule has 0 radical (unpaired) electrons. The Bertz CT molecular complexity index is 186. The molecule has 84 valence electrons. The molecule has 0 aromatic heterocycles. The van der Waals surface area contributed by atoms with Crippen LogP contribution in [-0.2, 0) is 9.59 Å². The van der Waals surface area contributed by atoms with Gasteiger partial charge in [0, 0.05) is 22.8 Å². The van der Waals surface area contributed by atoms with Gasteiger partial charge in [-0.05, 0) is 0 Å². The SMILES string of the molecule is CC(C)(C)C(=O)[O-].CC(C)(C)C(=O)[O-].[Be+2]. The Morgan fingerprint density at radius 3 is 0.800 bits per heavy atom. The van der Waals surface area contributed by atoms with E-state index in [-0.39, 0.29) is 10.1 Å². The molecule has 0 aromatic carbocycles. The summed E-state index contributed by atoms with van der Waals surface area (Å²) in [5.74, 6) is -2.01. The number of aliphatic carboxylic acids is 2. The third-order valence-corrected chi connectivity index (χ3v) is 1.22. The first kappa shape index (κ1) is 19.6. The molecule has 0 unspecified atom stereocenters. The van der Waals surface area contributed by atoms with E-state index in [0.29, 0.717) is 0 Å². The van der Waals surface area contributed by atoms with Gasteiger partial charge in [-0.1, -0.05) is 41.5 Å². The molecule has 0 saturated heterocycles. The summed E-state index contributed by atoms with van der Waals surface area (Å²) in [5.41, 5.74) is -1.39. The standard InChI is InChI=1S/2C5H10O2.Be/c2*1-5(2,3)4(6)7;/h2*1-3H3,(H,6,7);/q;;+2/p-2. The molecule has 0 amide bonds. The van der Waals surface area contributed by atoms with Gasteiger partial charge in [-0.3, -0.25) is 0 Å². The summed E-state index contributed by atoms with van der Waals surface area (Å²) in [4.78, 5) is 19.8. The Labute approximate surface area is 94.9 Å². The zero-order valence-electron chi connectivity index (χ0n) is 10.3. The van der Waals surface area contributed by atoms with E-state index in [0.717, 1.165) is 0 Å². The van der Waals surface area contributed by atoms with Gasteiger partial charge in [-0.2, -0.15) is 0 Å². The minimum atomic E-state index is -1.01. The average Bonchev–Trinajstić information content (AvgIpc) is 1.83. The molecule has 0 aliphatic heterocycles. The topological polar surface area (TPSA) is 80.3 Å². The van der Waals surface area contributed by atoms with Crippen LogP contribution in [0.15, 0.2) is 0 Å². The van der Waals surface area contributed by atoms with Gasteiger partial charge in [0.15, 0.2) is 0 Å². The third kappa shape index (κ3) is 13.1. The van der Waals surface area contributed by atoms with E-state index in [4.69, 9.17) is 0 Å². The maximum atomic E-state index is 9.91. The van der Waals surface area contributed by atoms with Crippen LogP contribution < -0.4 is 10.2 Å². The van der Waals surface area contributed by atoms with Crippen LogP contribution in [0.5, 0.6) is 0 Å². The second kappa shape index (κ2) is 6.57. The Balaban J connectivity index is -0.000000180. The van der Waals surface area contributed by atoms with Crippen LogP contribution in [0.1, 0.15) is 41.5 Å². The first-order chi connectivity index (χ1) is 5.89. The van der Waals surface area contributed by atoms with Crippen LogP contribution in [0.3, 0.4) is 0 Å². The Morgan fingerprint density at radius 2 is 0.800 bits per heavy atom. The fourth-order valence-corrected chi connectivity index (χ4v) is 0. The van der Waals surface area contributed by atoms with Crippen LogP contribution in [0.2, 0.25) is 0 Å². The number of carboxylic acid groups (broad SMARTS) is 2. The molecule has 5 heteroatoms. The first-order valence-corrected chi connectivity index (χ1v) is 4.32. The predicted molar refractivity (Wildman–Crippen MR) is 54.7 cm³/mol. The van der Waals surface area contributed by atoms with E-state index in [2.05, 4.69) is 0 Å².